The summed E-state index contributed by atoms with van der Waals surface area (Å²) in [6, 6.07) is 4.30. The summed E-state index contributed by atoms with van der Waals surface area (Å²) in [7, 11) is 0. The summed E-state index contributed by atoms with van der Waals surface area (Å²) >= 11 is 0. The van der Waals surface area contributed by atoms with Gasteiger partial charge in [0.1, 0.15) is 5.82 Å². The van der Waals surface area contributed by atoms with Crippen molar-refractivity contribution in [1.29, 1.82) is 0 Å². The van der Waals surface area contributed by atoms with Crippen molar-refractivity contribution in [2.75, 3.05) is 25.1 Å². The first-order chi connectivity index (χ1) is 9.17. The maximum absolute atomic E-state index is 13.5. The Labute approximate surface area is 111 Å². The number of para-hydroxylation sites is 1. The van der Waals surface area contributed by atoms with Crippen molar-refractivity contribution in [3.05, 3.63) is 29.6 Å². The normalized spacial score (nSPS) is 18.7. The number of carbonyl (C=O) groups is 1. The van der Waals surface area contributed by atoms with Gasteiger partial charge in [-0.15, -0.1) is 0 Å². The SMILES string of the molecule is NNc1c(F)cccc1C(=O)N1CCC(CCO)C1. The number of aliphatic hydroxyl groups is 1. The van der Waals surface area contributed by atoms with Gasteiger partial charge in [-0.1, -0.05) is 6.07 Å². The molecule has 6 heteroatoms. The number of nitrogens with zero attached hydrogens (tertiary/aromatic N) is 1. The summed E-state index contributed by atoms with van der Waals surface area (Å²) in [5, 5.41) is 8.91. The predicted octanol–water partition coefficient (Wildman–Crippen LogP) is 0.956. The number of rotatable bonds is 4. The highest BCUT2D eigenvalue weighted by Gasteiger charge is 2.28. The minimum absolute atomic E-state index is 0.0260. The highest BCUT2D eigenvalue weighted by Crippen LogP contribution is 2.25. The van der Waals surface area contributed by atoms with Gasteiger partial charge < -0.3 is 15.4 Å². The van der Waals surface area contributed by atoms with Crippen molar-refractivity contribution in [2.45, 2.75) is 12.8 Å². The summed E-state index contributed by atoms with van der Waals surface area (Å²) in [5.41, 5.74) is 2.51. The smallest absolute Gasteiger partial charge is 0.256 e. The van der Waals surface area contributed by atoms with Crippen LogP contribution < -0.4 is 11.3 Å². The molecular formula is C13H18FN3O2. The predicted molar refractivity (Wildman–Crippen MR) is 69.9 cm³/mol. The van der Waals surface area contributed by atoms with E-state index in [1.165, 1.54) is 12.1 Å². The van der Waals surface area contributed by atoms with E-state index in [1.807, 2.05) is 0 Å². The summed E-state index contributed by atoms with van der Waals surface area (Å²) < 4.78 is 13.5. The van der Waals surface area contributed by atoms with Crippen LogP contribution in [-0.4, -0.2) is 35.6 Å². The Bertz CT molecular complexity index is 467. The van der Waals surface area contributed by atoms with Crippen LogP contribution in [0, 0.1) is 11.7 Å². The molecule has 1 aromatic carbocycles. The Kier molecular flexibility index (Phi) is 4.34. The first kappa shape index (κ1) is 13.8. The number of halogens is 1. The maximum Gasteiger partial charge on any atom is 0.256 e. The second-order valence-corrected chi connectivity index (χ2v) is 4.72. The molecule has 1 aromatic rings. The number of nitrogens with two attached hydrogens (primary N) is 1. The van der Waals surface area contributed by atoms with E-state index >= 15 is 0 Å². The molecule has 1 fully saturated rings. The lowest BCUT2D eigenvalue weighted by Crippen LogP contribution is -2.30. The van der Waals surface area contributed by atoms with Crippen molar-refractivity contribution in [2.24, 2.45) is 11.8 Å². The second-order valence-electron chi connectivity index (χ2n) is 4.72. The van der Waals surface area contributed by atoms with Crippen molar-refractivity contribution >= 4 is 11.6 Å². The number of hydrogen-bond donors (Lipinski definition) is 3. The fourth-order valence-corrected chi connectivity index (χ4v) is 2.45. The lowest BCUT2D eigenvalue weighted by atomic mass is 10.1. The molecule has 2 rings (SSSR count). The van der Waals surface area contributed by atoms with E-state index in [2.05, 4.69) is 5.43 Å². The summed E-state index contributed by atoms with van der Waals surface area (Å²) in [6.07, 6.45) is 1.56. The van der Waals surface area contributed by atoms with Crippen LogP contribution >= 0.6 is 0 Å². The first-order valence-electron chi connectivity index (χ1n) is 6.32. The number of nitrogen functional groups attached to an aromatic ring is 1. The van der Waals surface area contributed by atoms with Gasteiger partial charge in [-0.3, -0.25) is 10.6 Å². The van der Waals surface area contributed by atoms with Crippen LogP contribution in [0.2, 0.25) is 0 Å². The zero-order chi connectivity index (χ0) is 13.8. The van der Waals surface area contributed by atoms with E-state index in [0.717, 1.165) is 6.42 Å². The van der Waals surface area contributed by atoms with Gasteiger partial charge in [0.05, 0.1) is 11.3 Å². The maximum atomic E-state index is 13.5. The van der Waals surface area contributed by atoms with Crippen molar-refractivity contribution in [3.63, 3.8) is 0 Å². The van der Waals surface area contributed by atoms with Crippen molar-refractivity contribution < 1.29 is 14.3 Å². The molecule has 0 bridgehead atoms. The largest absolute Gasteiger partial charge is 0.396 e. The molecule has 1 unspecified atom stereocenters. The quantitative estimate of drug-likeness (QED) is 0.561. The monoisotopic (exact) mass is 267 g/mol. The molecule has 0 saturated carbocycles. The molecule has 104 valence electrons. The van der Waals surface area contributed by atoms with Gasteiger partial charge in [0.2, 0.25) is 0 Å². The molecule has 1 atom stereocenters. The van der Waals surface area contributed by atoms with Gasteiger partial charge in [-0.05, 0) is 30.9 Å². The van der Waals surface area contributed by atoms with E-state index in [4.69, 9.17) is 10.9 Å². The van der Waals surface area contributed by atoms with Crippen LogP contribution in [0.25, 0.3) is 0 Å². The van der Waals surface area contributed by atoms with Crippen LogP contribution in [0.1, 0.15) is 23.2 Å². The fourth-order valence-electron chi connectivity index (χ4n) is 2.45. The van der Waals surface area contributed by atoms with Gasteiger partial charge in [-0.25, -0.2) is 4.39 Å². The third-order valence-electron chi connectivity index (χ3n) is 3.50. The van der Waals surface area contributed by atoms with Crippen molar-refractivity contribution in [1.82, 2.24) is 4.90 Å². The Balaban J connectivity index is 2.15. The summed E-state index contributed by atoms with van der Waals surface area (Å²) in [5.74, 6) is 4.81. The van der Waals surface area contributed by atoms with Crippen LogP contribution in [-0.2, 0) is 0 Å². The minimum Gasteiger partial charge on any atom is -0.396 e. The minimum atomic E-state index is -0.542. The molecule has 0 radical (unpaired) electrons. The number of benzene rings is 1. The lowest BCUT2D eigenvalue weighted by molar-refractivity contribution is 0.0785. The fraction of sp³-hybridized carbons (Fsp3) is 0.462. The zero-order valence-electron chi connectivity index (χ0n) is 10.6. The van der Waals surface area contributed by atoms with E-state index in [9.17, 15) is 9.18 Å². The average Bonchev–Trinajstić information content (AvgIpc) is 2.86. The van der Waals surface area contributed by atoms with Gasteiger partial charge in [0.25, 0.3) is 5.91 Å². The van der Waals surface area contributed by atoms with Gasteiger partial charge in [0.15, 0.2) is 0 Å². The van der Waals surface area contributed by atoms with Crippen LogP contribution in [0.15, 0.2) is 18.2 Å². The zero-order valence-corrected chi connectivity index (χ0v) is 10.6. The van der Waals surface area contributed by atoms with Crippen LogP contribution in [0.5, 0.6) is 0 Å². The molecule has 0 spiro atoms. The molecule has 1 amide bonds. The van der Waals surface area contributed by atoms with E-state index < -0.39 is 5.82 Å². The summed E-state index contributed by atoms with van der Waals surface area (Å²) in [4.78, 5) is 14.0. The molecule has 1 heterocycles. The number of anilines is 1. The Morgan fingerprint density at radius 1 is 1.58 bits per heavy atom. The number of hydrogen-bond acceptors (Lipinski definition) is 4. The third-order valence-corrected chi connectivity index (χ3v) is 3.50. The molecule has 19 heavy (non-hydrogen) atoms. The number of amides is 1. The van der Waals surface area contributed by atoms with Gasteiger partial charge in [0, 0.05) is 19.7 Å². The van der Waals surface area contributed by atoms with Gasteiger partial charge in [-0.2, -0.15) is 0 Å². The van der Waals surface area contributed by atoms with E-state index in [-0.39, 0.29) is 23.8 Å². The number of hydrazine groups is 1. The highest BCUT2D eigenvalue weighted by molar-refractivity contribution is 5.99. The second kappa shape index (κ2) is 5.99. The molecule has 5 nitrogen and oxygen atoms in total. The Morgan fingerprint density at radius 3 is 3.05 bits per heavy atom. The number of likely N-dealkylation sites (tertiary alicyclic amines) is 1. The molecule has 0 aromatic heterocycles. The topological polar surface area (TPSA) is 78.6 Å². The molecule has 1 saturated heterocycles. The number of aliphatic hydroxyl groups excluding tert-OH is 1. The molecule has 4 N–H and O–H groups in total. The molecule has 1 aliphatic rings. The number of carbonyl (C=O) groups excluding carboxylic acids is 1. The molecule has 0 aliphatic carbocycles. The van der Waals surface area contributed by atoms with Crippen LogP contribution in [0.3, 0.4) is 0 Å². The average molecular weight is 267 g/mol. The number of nitrogens with one attached hydrogen (secondary N) is 1. The third kappa shape index (κ3) is 2.85. The lowest BCUT2D eigenvalue weighted by Gasteiger charge is -2.18. The van der Waals surface area contributed by atoms with Crippen molar-refractivity contribution in [3.8, 4) is 0 Å². The molecular weight excluding hydrogens is 249 g/mol. The Hall–Kier alpha value is -1.66. The summed E-state index contributed by atoms with van der Waals surface area (Å²) in [6.45, 7) is 1.35. The standard InChI is InChI=1S/C13H18FN3O2/c14-11-3-1-2-10(12(11)16-15)13(19)17-6-4-9(8-17)5-7-18/h1-3,9,16,18H,4-8,15H2. The molecule has 1 aliphatic heterocycles. The van der Waals surface area contributed by atoms with E-state index in [0.29, 0.717) is 25.4 Å². The Morgan fingerprint density at radius 2 is 2.37 bits per heavy atom. The van der Waals surface area contributed by atoms with Gasteiger partial charge >= 0.3 is 0 Å². The highest BCUT2D eigenvalue weighted by atomic mass is 19.1. The van der Waals surface area contributed by atoms with E-state index in [1.54, 1.807) is 11.0 Å². The van der Waals surface area contributed by atoms with Crippen LogP contribution in [0.4, 0.5) is 10.1 Å². The first-order valence-corrected chi connectivity index (χ1v) is 6.32.